The number of aromatic amines is 1. The van der Waals surface area contributed by atoms with E-state index in [1.807, 2.05) is 0 Å². The highest BCUT2D eigenvalue weighted by molar-refractivity contribution is 7.61. The maximum absolute atomic E-state index is 13.5. The molecule has 1 aromatic rings. The number of nitrogens with one attached hydrogen (secondary N) is 1. The van der Waals surface area contributed by atoms with Gasteiger partial charge in [0.15, 0.2) is 12.5 Å². The van der Waals surface area contributed by atoms with E-state index < -0.39 is 101 Å². The Balaban J connectivity index is 1.63. The van der Waals surface area contributed by atoms with Crippen molar-refractivity contribution in [3.8, 4) is 0 Å². The van der Waals surface area contributed by atoms with Crippen molar-refractivity contribution in [2.24, 2.45) is 0 Å². The molecule has 37 heavy (non-hydrogen) atoms. The molecule has 1 aromatic heterocycles. The molecule has 22 heteroatoms. The van der Waals surface area contributed by atoms with Gasteiger partial charge in [-0.15, -0.1) is 0 Å². The standard InChI is InChI=1S/C15H23FN2O17P2/c16-4-1-18(15(26)17-12(4)25)13-10(23)8(21)6(32-13)3-31-36(27,28)35-37(29,30)34-14-11(24)9(22)7(20)5(2-19)33-14/h1,5-11,13-14,19-24H,2-3H2,(H,27,28)(H,29,30)(H,17,25,26)/t5-,6-,7+,8+,9+,10-,11+,13+,14+/m0/s1. The zero-order valence-corrected chi connectivity index (χ0v) is 19.9. The second-order valence-electron chi connectivity index (χ2n) is 7.81. The van der Waals surface area contributed by atoms with E-state index in [1.165, 1.54) is 0 Å². The van der Waals surface area contributed by atoms with Crippen LogP contribution in [0.3, 0.4) is 0 Å². The number of rotatable bonds is 9. The highest BCUT2D eigenvalue weighted by Crippen LogP contribution is 2.61. The summed E-state index contributed by atoms with van der Waals surface area (Å²) in [5, 5.41) is 58.5. The number of halogens is 1. The molecule has 2 aliphatic rings. The molecule has 11 atom stereocenters. The maximum atomic E-state index is 13.5. The zero-order valence-electron chi connectivity index (χ0n) is 18.2. The Morgan fingerprint density at radius 3 is 2.19 bits per heavy atom. The van der Waals surface area contributed by atoms with E-state index in [2.05, 4.69) is 13.4 Å². The van der Waals surface area contributed by atoms with Crippen LogP contribution in [-0.2, 0) is 32.0 Å². The molecule has 212 valence electrons. The molecule has 0 bridgehead atoms. The monoisotopic (exact) mass is 584 g/mol. The van der Waals surface area contributed by atoms with E-state index in [4.69, 9.17) is 14.6 Å². The van der Waals surface area contributed by atoms with Gasteiger partial charge >= 0.3 is 21.3 Å². The van der Waals surface area contributed by atoms with E-state index in [0.717, 1.165) is 0 Å². The van der Waals surface area contributed by atoms with Crippen molar-refractivity contribution in [2.75, 3.05) is 13.2 Å². The van der Waals surface area contributed by atoms with Crippen LogP contribution >= 0.6 is 15.6 Å². The summed E-state index contributed by atoms with van der Waals surface area (Å²) >= 11 is 0. The summed E-state index contributed by atoms with van der Waals surface area (Å²) in [5.41, 5.74) is -2.60. The van der Waals surface area contributed by atoms with Gasteiger partial charge in [-0.05, 0) is 0 Å². The lowest BCUT2D eigenvalue weighted by atomic mass is 10.00. The largest absolute Gasteiger partial charge is 0.483 e. The van der Waals surface area contributed by atoms with Gasteiger partial charge in [0.05, 0.1) is 19.4 Å². The lowest BCUT2D eigenvalue weighted by Gasteiger charge is -2.39. The molecule has 9 N–H and O–H groups in total. The number of aromatic nitrogens is 2. The number of phosphoric ester groups is 2. The van der Waals surface area contributed by atoms with Gasteiger partial charge < -0.3 is 49.9 Å². The predicted molar refractivity (Wildman–Crippen MR) is 109 cm³/mol. The van der Waals surface area contributed by atoms with Crippen LogP contribution in [0.5, 0.6) is 0 Å². The van der Waals surface area contributed by atoms with Crippen molar-refractivity contribution in [3.05, 3.63) is 32.9 Å². The third kappa shape index (κ3) is 6.77. The second-order valence-corrected chi connectivity index (χ2v) is 10.8. The highest BCUT2D eigenvalue weighted by Gasteiger charge is 2.49. The van der Waals surface area contributed by atoms with E-state index in [9.17, 15) is 58.4 Å². The van der Waals surface area contributed by atoms with Crippen LogP contribution < -0.4 is 11.2 Å². The first kappa shape index (κ1) is 30.1. The summed E-state index contributed by atoms with van der Waals surface area (Å²) in [7, 11) is -11.2. The van der Waals surface area contributed by atoms with Gasteiger partial charge in [0.2, 0.25) is 5.82 Å². The highest BCUT2D eigenvalue weighted by atomic mass is 31.3. The van der Waals surface area contributed by atoms with Gasteiger partial charge in [-0.2, -0.15) is 8.70 Å². The average molecular weight is 584 g/mol. The van der Waals surface area contributed by atoms with Crippen molar-refractivity contribution >= 4 is 15.6 Å². The molecule has 3 rings (SSSR count). The van der Waals surface area contributed by atoms with Gasteiger partial charge in [-0.1, -0.05) is 0 Å². The van der Waals surface area contributed by atoms with Gasteiger partial charge in [0, 0.05) is 0 Å². The molecule has 2 saturated heterocycles. The maximum Gasteiger partial charge on any atom is 0.483 e. The number of phosphoric acid groups is 2. The summed E-state index contributed by atoms with van der Waals surface area (Å²) in [6, 6.07) is 0. The first-order chi connectivity index (χ1) is 17.1. The minimum absolute atomic E-state index is 0.378. The fourth-order valence-electron chi connectivity index (χ4n) is 3.37. The number of ether oxygens (including phenoxy) is 2. The van der Waals surface area contributed by atoms with Crippen molar-refractivity contribution in [2.45, 2.75) is 55.2 Å². The minimum Gasteiger partial charge on any atom is -0.394 e. The fourth-order valence-corrected chi connectivity index (χ4v) is 5.53. The second kappa shape index (κ2) is 11.3. The molecule has 2 fully saturated rings. The molecule has 0 radical (unpaired) electrons. The Labute approximate surface area is 204 Å². The number of hydrogen-bond donors (Lipinski definition) is 9. The fraction of sp³-hybridized carbons (Fsp3) is 0.733. The van der Waals surface area contributed by atoms with E-state index in [0.29, 0.717) is 10.8 Å². The predicted octanol–water partition coefficient (Wildman–Crippen LogP) is -4.65. The summed E-state index contributed by atoms with van der Waals surface area (Å²) < 4.78 is 61.0. The van der Waals surface area contributed by atoms with Gasteiger partial charge in [0.1, 0.15) is 42.7 Å². The van der Waals surface area contributed by atoms with Gasteiger partial charge in [-0.25, -0.2) is 13.9 Å². The van der Waals surface area contributed by atoms with Crippen LogP contribution in [-0.4, -0.2) is 112 Å². The Hall–Kier alpha value is -1.45. The molecule has 0 saturated carbocycles. The third-order valence-corrected chi connectivity index (χ3v) is 7.83. The number of nitrogens with zero attached hydrogens (tertiary/aromatic N) is 1. The summed E-state index contributed by atoms with van der Waals surface area (Å²) in [6.45, 7) is -2.04. The van der Waals surface area contributed by atoms with Crippen LogP contribution in [0.2, 0.25) is 0 Å². The van der Waals surface area contributed by atoms with Crippen molar-refractivity contribution in [3.63, 3.8) is 0 Å². The molecule has 2 unspecified atom stereocenters. The Morgan fingerprint density at radius 1 is 0.946 bits per heavy atom. The van der Waals surface area contributed by atoms with Crippen LogP contribution in [0.4, 0.5) is 4.39 Å². The SMILES string of the molecule is O=c1[nH]c(=O)n([C@@H]2O[C@@H](COP(=O)(O)OP(=O)(O)O[C@H]3O[C@@H](CO)[C@@H](O)[C@@H](O)[C@H]3O)[C@@H](O)[C@@H]2O)cc1F. The van der Waals surface area contributed by atoms with Crippen molar-refractivity contribution in [1.82, 2.24) is 9.55 Å². The normalized spacial score (nSPS) is 37.7. The third-order valence-electron chi connectivity index (χ3n) is 5.23. The Morgan fingerprint density at radius 2 is 1.57 bits per heavy atom. The topological polar surface area (TPSA) is 297 Å². The number of hydrogen-bond acceptors (Lipinski definition) is 15. The Bertz CT molecular complexity index is 1180. The quantitative estimate of drug-likeness (QED) is 0.123. The zero-order chi connectivity index (χ0) is 27.9. The average Bonchev–Trinajstić information content (AvgIpc) is 3.08. The summed E-state index contributed by atoms with van der Waals surface area (Å²) in [6.07, 6.45) is -16.8. The summed E-state index contributed by atoms with van der Waals surface area (Å²) in [5.74, 6) is -1.43. The summed E-state index contributed by atoms with van der Waals surface area (Å²) in [4.78, 5) is 44.1. The lowest BCUT2D eigenvalue weighted by Crippen LogP contribution is -2.58. The Kier molecular flexibility index (Phi) is 9.23. The van der Waals surface area contributed by atoms with Crippen LogP contribution in [0, 0.1) is 5.82 Å². The number of aliphatic hydroxyl groups excluding tert-OH is 6. The lowest BCUT2D eigenvalue weighted by molar-refractivity contribution is -0.280. The molecule has 2 aliphatic heterocycles. The molecular formula is C15H23FN2O17P2. The van der Waals surface area contributed by atoms with E-state index in [1.54, 1.807) is 4.98 Å². The molecular weight excluding hydrogens is 561 g/mol. The van der Waals surface area contributed by atoms with Crippen LogP contribution in [0.15, 0.2) is 15.8 Å². The molecule has 0 spiro atoms. The van der Waals surface area contributed by atoms with Crippen LogP contribution in [0.25, 0.3) is 0 Å². The smallest absolute Gasteiger partial charge is 0.394 e. The molecule has 0 amide bonds. The van der Waals surface area contributed by atoms with Crippen LogP contribution in [0.1, 0.15) is 6.23 Å². The number of H-pyrrole nitrogens is 1. The molecule has 3 heterocycles. The van der Waals surface area contributed by atoms with Crippen molar-refractivity contribution in [1.29, 1.82) is 0 Å². The first-order valence-corrected chi connectivity index (χ1v) is 13.1. The first-order valence-electron chi connectivity index (χ1n) is 10.1. The van der Waals surface area contributed by atoms with E-state index >= 15 is 0 Å². The van der Waals surface area contributed by atoms with Crippen molar-refractivity contribution < 1.29 is 76.8 Å². The van der Waals surface area contributed by atoms with E-state index in [-0.39, 0.29) is 0 Å². The van der Waals surface area contributed by atoms with Gasteiger partial charge in [0.25, 0.3) is 5.56 Å². The van der Waals surface area contributed by atoms with Gasteiger partial charge in [-0.3, -0.25) is 23.4 Å². The molecule has 19 nitrogen and oxygen atoms in total. The minimum atomic E-state index is -5.64. The molecule has 0 aliphatic carbocycles. The molecule has 0 aromatic carbocycles. The number of aliphatic hydroxyl groups is 6.